The number of nitrogens with two attached hydrogens (primary N) is 1. The first-order valence-electron chi connectivity index (χ1n) is 11.0. The van der Waals surface area contributed by atoms with Gasteiger partial charge in [-0.3, -0.25) is 9.69 Å². The molecule has 0 spiro atoms. The van der Waals surface area contributed by atoms with Crippen LogP contribution < -0.4 is 15.8 Å². The van der Waals surface area contributed by atoms with Gasteiger partial charge >= 0.3 is 12.0 Å². The van der Waals surface area contributed by atoms with Crippen LogP contribution in [0.5, 0.6) is 11.6 Å². The molecular formula is C25H23ClFN5O4. The maximum absolute atomic E-state index is 13.0. The second-order valence-corrected chi connectivity index (χ2v) is 8.66. The topological polar surface area (TPSA) is 130 Å². The van der Waals surface area contributed by atoms with E-state index in [-0.39, 0.29) is 30.8 Å². The standard InChI is InChI=1S/C25H23ClFN5O4/c26-17-3-1-15(2-4-17)14-32(25(35)30-12-16-11-21(16)23(33)34)24(28)31-19-6-8-20(9-7-19)36-22-10-5-18(27)13-29-22/h1-10,13,16,21H,11-12,14H2,(H2,28,31)(H,30,35)(H,33,34)/t16-,21-/m0/s1. The summed E-state index contributed by atoms with van der Waals surface area (Å²) in [5.74, 6) is -1.23. The highest BCUT2D eigenvalue weighted by atomic mass is 35.5. The lowest BCUT2D eigenvalue weighted by atomic mass is 10.2. The van der Waals surface area contributed by atoms with Gasteiger partial charge in [-0.05, 0) is 60.4 Å². The molecule has 0 aliphatic heterocycles. The second-order valence-electron chi connectivity index (χ2n) is 8.22. The Bertz CT molecular complexity index is 1250. The van der Waals surface area contributed by atoms with Crippen molar-refractivity contribution < 1.29 is 23.8 Å². The average Bonchev–Trinajstić information content (AvgIpc) is 3.65. The van der Waals surface area contributed by atoms with Crippen molar-refractivity contribution in [2.75, 3.05) is 6.54 Å². The van der Waals surface area contributed by atoms with E-state index < -0.39 is 23.7 Å². The number of carbonyl (C=O) groups is 2. The predicted molar refractivity (Wildman–Crippen MR) is 132 cm³/mol. The number of ether oxygens (including phenoxy) is 1. The molecule has 1 aromatic heterocycles. The largest absolute Gasteiger partial charge is 0.481 e. The molecule has 0 bridgehead atoms. The van der Waals surface area contributed by atoms with Gasteiger partial charge in [0, 0.05) is 17.6 Å². The van der Waals surface area contributed by atoms with E-state index in [1.807, 2.05) is 0 Å². The Hall–Kier alpha value is -4.18. The van der Waals surface area contributed by atoms with Crippen LogP contribution in [-0.2, 0) is 11.3 Å². The zero-order chi connectivity index (χ0) is 25.7. The minimum atomic E-state index is -0.865. The number of guanidine groups is 1. The van der Waals surface area contributed by atoms with Crippen molar-refractivity contribution in [1.29, 1.82) is 0 Å². The molecule has 11 heteroatoms. The molecule has 2 amide bonds. The van der Waals surface area contributed by atoms with E-state index in [9.17, 15) is 14.0 Å². The van der Waals surface area contributed by atoms with Crippen LogP contribution in [0.4, 0.5) is 14.9 Å². The van der Waals surface area contributed by atoms with Crippen LogP contribution in [0.3, 0.4) is 0 Å². The molecule has 1 heterocycles. The summed E-state index contributed by atoms with van der Waals surface area (Å²) >= 11 is 5.96. The number of amides is 2. The summed E-state index contributed by atoms with van der Waals surface area (Å²) in [5.41, 5.74) is 7.46. The lowest BCUT2D eigenvalue weighted by Crippen LogP contribution is -2.47. The summed E-state index contributed by atoms with van der Waals surface area (Å²) in [4.78, 5) is 33.5. The number of carboxylic acids is 1. The van der Waals surface area contributed by atoms with Gasteiger partial charge in [0.25, 0.3) is 0 Å². The first-order valence-corrected chi connectivity index (χ1v) is 11.4. The zero-order valence-corrected chi connectivity index (χ0v) is 19.7. The van der Waals surface area contributed by atoms with Crippen LogP contribution in [0, 0.1) is 17.7 Å². The van der Waals surface area contributed by atoms with Crippen molar-refractivity contribution in [1.82, 2.24) is 15.2 Å². The number of aliphatic carboxylic acids is 1. The Morgan fingerprint density at radius 2 is 1.89 bits per heavy atom. The van der Waals surface area contributed by atoms with E-state index in [2.05, 4.69) is 15.3 Å². The van der Waals surface area contributed by atoms with Gasteiger partial charge < -0.3 is 20.9 Å². The van der Waals surface area contributed by atoms with Gasteiger partial charge in [0.05, 0.1) is 24.3 Å². The van der Waals surface area contributed by atoms with Crippen molar-refractivity contribution in [2.45, 2.75) is 13.0 Å². The first kappa shape index (κ1) is 24.9. The van der Waals surface area contributed by atoms with Gasteiger partial charge in [0.15, 0.2) is 0 Å². The maximum atomic E-state index is 13.0. The summed E-state index contributed by atoms with van der Waals surface area (Å²) in [7, 11) is 0. The van der Waals surface area contributed by atoms with E-state index in [1.165, 1.54) is 17.0 Å². The van der Waals surface area contributed by atoms with Crippen LogP contribution in [0.25, 0.3) is 0 Å². The molecule has 1 aliphatic rings. The number of pyridine rings is 1. The number of hydrogen-bond donors (Lipinski definition) is 3. The summed E-state index contributed by atoms with van der Waals surface area (Å²) in [6, 6.07) is 15.7. The highest BCUT2D eigenvalue weighted by Gasteiger charge is 2.43. The molecule has 36 heavy (non-hydrogen) atoms. The third-order valence-corrected chi connectivity index (χ3v) is 5.79. The highest BCUT2D eigenvalue weighted by Crippen LogP contribution is 2.37. The molecule has 2 aromatic carbocycles. The number of nitrogens with zero attached hydrogens (tertiary/aromatic N) is 3. The van der Waals surface area contributed by atoms with Crippen LogP contribution in [0.15, 0.2) is 71.9 Å². The lowest BCUT2D eigenvalue weighted by molar-refractivity contribution is -0.138. The van der Waals surface area contributed by atoms with Gasteiger partial charge in [-0.15, -0.1) is 0 Å². The second kappa shape index (κ2) is 11.0. The molecule has 4 N–H and O–H groups in total. The summed E-state index contributed by atoms with van der Waals surface area (Å²) in [6.45, 7) is 0.354. The smallest absolute Gasteiger partial charge is 0.324 e. The number of halogens is 2. The van der Waals surface area contributed by atoms with E-state index in [1.54, 1.807) is 48.5 Å². The van der Waals surface area contributed by atoms with Gasteiger partial charge in [-0.1, -0.05) is 23.7 Å². The number of aliphatic imine (C=N–C) groups is 1. The van der Waals surface area contributed by atoms with Crippen molar-refractivity contribution in [3.8, 4) is 11.6 Å². The molecule has 0 unspecified atom stereocenters. The molecule has 4 rings (SSSR count). The molecule has 2 atom stereocenters. The minimum Gasteiger partial charge on any atom is -0.481 e. The van der Waals surface area contributed by atoms with E-state index in [0.717, 1.165) is 11.8 Å². The number of hydrogen-bond acceptors (Lipinski definition) is 5. The van der Waals surface area contributed by atoms with Gasteiger partial charge in [-0.25, -0.2) is 19.2 Å². The molecular weight excluding hydrogens is 489 g/mol. The Labute approximate surface area is 211 Å². The van der Waals surface area contributed by atoms with E-state index >= 15 is 0 Å². The van der Waals surface area contributed by atoms with E-state index in [4.69, 9.17) is 27.2 Å². The average molecular weight is 512 g/mol. The third-order valence-electron chi connectivity index (χ3n) is 5.53. The van der Waals surface area contributed by atoms with Crippen molar-refractivity contribution in [3.63, 3.8) is 0 Å². The first-order chi connectivity index (χ1) is 17.3. The maximum Gasteiger partial charge on any atom is 0.324 e. The molecule has 186 valence electrons. The van der Waals surface area contributed by atoms with Gasteiger partial charge in [-0.2, -0.15) is 0 Å². The van der Waals surface area contributed by atoms with Crippen LogP contribution in [0.1, 0.15) is 12.0 Å². The summed E-state index contributed by atoms with van der Waals surface area (Å²) < 4.78 is 18.6. The molecule has 1 saturated carbocycles. The number of carboxylic acid groups (broad SMARTS) is 1. The summed E-state index contributed by atoms with van der Waals surface area (Å²) in [6.07, 6.45) is 1.58. The number of carbonyl (C=O) groups excluding carboxylic acids is 1. The van der Waals surface area contributed by atoms with Gasteiger partial charge in [0.1, 0.15) is 11.6 Å². The predicted octanol–water partition coefficient (Wildman–Crippen LogP) is 4.55. The van der Waals surface area contributed by atoms with Crippen LogP contribution >= 0.6 is 11.6 Å². The van der Waals surface area contributed by atoms with E-state index in [0.29, 0.717) is 22.9 Å². The quantitative estimate of drug-likeness (QED) is 0.300. The molecule has 0 saturated heterocycles. The Morgan fingerprint density at radius 3 is 2.50 bits per heavy atom. The fraction of sp³-hybridized carbons (Fsp3) is 0.200. The molecule has 3 aromatic rings. The van der Waals surface area contributed by atoms with Crippen molar-refractivity contribution in [2.24, 2.45) is 22.6 Å². The Kier molecular flexibility index (Phi) is 7.65. The fourth-order valence-corrected chi connectivity index (χ4v) is 3.57. The molecule has 9 nitrogen and oxygen atoms in total. The SMILES string of the molecule is NC(=Nc1ccc(Oc2ccc(F)cn2)cc1)N(Cc1ccc(Cl)cc1)C(=O)NC[C@@H]1C[C@@H]1C(=O)O. The number of aromatic nitrogens is 1. The van der Waals surface area contributed by atoms with Crippen LogP contribution in [-0.4, -0.2) is 39.5 Å². The number of rotatable bonds is 8. The number of nitrogens with one attached hydrogen (secondary N) is 1. The lowest BCUT2D eigenvalue weighted by Gasteiger charge is -2.22. The van der Waals surface area contributed by atoms with Gasteiger partial charge in [0.2, 0.25) is 11.8 Å². The van der Waals surface area contributed by atoms with Crippen LogP contribution in [0.2, 0.25) is 5.02 Å². The fourth-order valence-electron chi connectivity index (χ4n) is 3.44. The Balaban J connectivity index is 1.46. The van der Waals surface area contributed by atoms with Crippen molar-refractivity contribution >= 4 is 35.2 Å². The third kappa shape index (κ3) is 6.70. The minimum absolute atomic E-state index is 0.0538. The highest BCUT2D eigenvalue weighted by molar-refractivity contribution is 6.30. The zero-order valence-electron chi connectivity index (χ0n) is 19.0. The Morgan fingerprint density at radius 1 is 1.17 bits per heavy atom. The molecule has 0 radical (unpaired) electrons. The molecule has 1 aliphatic carbocycles. The summed E-state index contributed by atoms with van der Waals surface area (Å²) in [5, 5.41) is 12.4. The van der Waals surface area contributed by atoms with Crippen molar-refractivity contribution in [3.05, 3.63) is 83.3 Å². The number of urea groups is 1. The number of benzene rings is 2. The monoisotopic (exact) mass is 511 g/mol. The molecule has 1 fully saturated rings. The normalized spacial score (nSPS) is 16.8.